The first-order chi connectivity index (χ1) is 32.7. The Bertz CT molecular complexity index is 2240. The van der Waals surface area contributed by atoms with E-state index in [0.29, 0.717) is 19.8 Å². The summed E-state index contributed by atoms with van der Waals surface area (Å²) >= 11 is 0. The standard InChI is InChI=1S/C56H60O10/c1-2-33-58-55-53(62-38-46-29-17-7-18-30-46)51(48(41-64-55)59-35-43-23-11-4-12-24-43)66-56-54(63-39-47-31-19-8-20-32-47)52(61-37-45-27-15-6-16-28-45)50(60-36-44-25-13-5-14-26-44)49(65-56)40-57-34-42-21-9-3-10-22-42/h2-32,48-56H,1,33-41H2/t48-,49-,50-,51+,52+,53-,54-,55+,56+/m1/s1. The lowest BCUT2D eigenvalue weighted by molar-refractivity contribution is -0.368. The maximum Gasteiger partial charge on any atom is 0.187 e. The van der Waals surface area contributed by atoms with E-state index in [-0.39, 0.29) is 39.6 Å². The summed E-state index contributed by atoms with van der Waals surface area (Å²) in [4.78, 5) is 0. The van der Waals surface area contributed by atoms with E-state index in [1.54, 1.807) is 6.08 Å². The summed E-state index contributed by atoms with van der Waals surface area (Å²) in [5.74, 6) is 0. The Kier molecular flexibility index (Phi) is 18.2. The quantitative estimate of drug-likeness (QED) is 0.0547. The molecule has 0 aromatic heterocycles. The van der Waals surface area contributed by atoms with Crippen molar-refractivity contribution in [2.75, 3.05) is 19.8 Å². The van der Waals surface area contributed by atoms with Gasteiger partial charge >= 0.3 is 0 Å². The van der Waals surface area contributed by atoms with Crippen LogP contribution < -0.4 is 0 Å². The van der Waals surface area contributed by atoms with Gasteiger partial charge < -0.3 is 47.4 Å². The Balaban J connectivity index is 1.17. The smallest absolute Gasteiger partial charge is 0.187 e. The topological polar surface area (TPSA) is 92.3 Å². The average molecular weight is 893 g/mol. The summed E-state index contributed by atoms with van der Waals surface area (Å²) in [6, 6.07) is 60.3. The second-order valence-electron chi connectivity index (χ2n) is 16.3. The van der Waals surface area contributed by atoms with Crippen LogP contribution in [0.3, 0.4) is 0 Å². The molecular weight excluding hydrogens is 833 g/mol. The maximum absolute atomic E-state index is 7.36. The molecule has 0 saturated carbocycles. The van der Waals surface area contributed by atoms with Gasteiger partial charge in [-0.25, -0.2) is 0 Å². The molecule has 8 rings (SSSR count). The molecule has 0 bridgehead atoms. The molecule has 0 amide bonds. The highest BCUT2D eigenvalue weighted by Gasteiger charge is 2.53. The van der Waals surface area contributed by atoms with Crippen LogP contribution in [-0.4, -0.2) is 75.1 Å². The van der Waals surface area contributed by atoms with Crippen molar-refractivity contribution in [3.05, 3.63) is 228 Å². The molecule has 66 heavy (non-hydrogen) atoms. The van der Waals surface area contributed by atoms with Gasteiger partial charge in [0.15, 0.2) is 12.6 Å². The first kappa shape index (κ1) is 47.2. The van der Waals surface area contributed by atoms with E-state index >= 15 is 0 Å². The minimum Gasteiger partial charge on any atom is -0.374 e. The summed E-state index contributed by atoms with van der Waals surface area (Å²) in [7, 11) is 0. The molecule has 6 aromatic carbocycles. The van der Waals surface area contributed by atoms with Gasteiger partial charge in [-0.2, -0.15) is 0 Å². The van der Waals surface area contributed by atoms with Crippen molar-refractivity contribution in [3.63, 3.8) is 0 Å². The minimum absolute atomic E-state index is 0.160. The average Bonchev–Trinajstić information content (AvgIpc) is 3.38. The number of hydrogen-bond acceptors (Lipinski definition) is 10. The van der Waals surface area contributed by atoms with Gasteiger partial charge in [0, 0.05) is 0 Å². The van der Waals surface area contributed by atoms with Gasteiger partial charge in [0.1, 0.15) is 42.7 Å². The summed E-state index contributed by atoms with van der Waals surface area (Å²) < 4.78 is 68.2. The van der Waals surface area contributed by atoms with E-state index in [9.17, 15) is 0 Å². The lowest BCUT2D eigenvalue weighted by Crippen LogP contribution is -2.65. The summed E-state index contributed by atoms with van der Waals surface area (Å²) in [6.07, 6.45) is -5.19. The minimum atomic E-state index is -1.04. The molecular formula is C56H60O10. The molecule has 0 spiro atoms. The van der Waals surface area contributed by atoms with E-state index in [1.165, 1.54) is 0 Å². The molecule has 2 fully saturated rings. The van der Waals surface area contributed by atoms with E-state index < -0.39 is 55.3 Å². The van der Waals surface area contributed by atoms with Crippen LogP contribution in [0, 0.1) is 0 Å². The van der Waals surface area contributed by atoms with Crippen LogP contribution >= 0.6 is 0 Å². The maximum atomic E-state index is 7.36. The zero-order valence-electron chi connectivity index (χ0n) is 37.2. The number of ether oxygens (including phenoxy) is 10. The summed E-state index contributed by atoms with van der Waals surface area (Å²) in [6.45, 7) is 6.25. The second-order valence-corrected chi connectivity index (χ2v) is 16.3. The van der Waals surface area contributed by atoms with Crippen molar-refractivity contribution in [3.8, 4) is 0 Å². The Labute approximate surface area is 388 Å². The molecule has 9 atom stereocenters. The molecule has 2 aliphatic heterocycles. The highest BCUT2D eigenvalue weighted by Crippen LogP contribution is 2.35. The third kappa shape index (κ3) is 13.9. The summed E-state index contributed by atoms with van der Waals surface area (Å²) in [5.41, 5.74) is 6.00. The first-order valence-electron chi connectivity index (χ1n) is 22.7. The zero-order chi connectivity index (χ0) is 45.0. The van der Waals surface area contributed by atoms with E-state index in [4.69, 9.17) is 47.4 Å². The fourth-order valence-corrected chi connectivity index (χ4v) is 8.09. The highest BCUT2D eigenvalue weighted by molar-refractivity contribution is 5.18. The Morgan fingerprint density at radius 2 is 0.788 bits per heavy atom. The third-order valence-electron chi connectivity index (χ3n) is 11.5. The van der Waals surface area contributed by atoms with Crippen molar-refractivity contribution < 1.29 is 47.4 Å². The fourth-order valence-electron chi connectivity index (χ4n) is 8.09. The summed E-state index contributed by atoms with van der Waals surface area (Å²) in [5, 5.41) is 0. The Hall–Kier alpha value is -5.34. The van der Waals surface area contributed by atoms with Crippen molar-refractivity contribution in [2.45, 2.75) is 94.9 Å². The molecule has 0 N–H and O–H groups in total. The zero-order valence-corrected chi connectivity index (χ0v) is 37.2. The van der Waals surface area contributed by atoms with Crippen LogP contribution in [0.5, 0.6) is 0 Å². The van der Waals surface area contributed by atoms with E-state index in [1.807, 2.05) is 182 Å². The van der Waals surface area contributed by atoms with Crippen LogP contribution in [0.4, 0.5) is 0 Å². The molecule has 0 radical (unpaired) electrons. The van der Waals surface area contributed by atoms with Crippen LogP contribution in [0.1, 0.15) is 33.4 Å². The number of benzene rings is 6. The molecule has 6 aromatic rings. The Morgan fingerprint density at radius 1 is 0.409 bits per heavy atom. The second kappa shape index (κ2) is 25.5. The first-order valence-corrected chi connectivity index (χ1v) is 22.7. The van der Waals surface area contributed by atoms with Crippen molar-refractivity contribution in [1.82, 2.24) is 0 Å². The van der Waals surface area contributed by atoms with Crippen LogP contribution in [0.25, 0.3) is 0 Å². The molecule has 10 heteroatoms. The molecule has 2 aliphatic rings. The van der Waals surface area contributed by atoms with Gasteiger partial charge in [-0.05, 0) is 33.4 Å². The fraction of sp³-hybridized carbons (Fsp3) is 0.321. The Morgan fingerprint density at radius 3 is 1.23 bits per heavy atom. The van der Waals surface area contributed by atoms with Crippen molar-refractivity contribution in [2.24, 2.45) is 0 Å². The van der Waals surface area contributed by atoms with E-state index in [0.717, 1.165) is 33.4 Å². The molecule has 2 heterocycles. The molecule has 10 nitrogen and oxygen atoms in total. The van der Waals surface area contributed by atoms with Gasteiger partial charge in [-0.3, -0.25) is 0 Å². The lowest BCUT2D eigenvalue weighted by Gasteiger charge is -2.49. The third-order valence-corrected chi connectivity index (χ3v) is 11.5. The lowest BCUT2D eigenvalue weighted by atomic mass is 9.97. The molecule has 2 saturated heterocycles. The van der Waals surface area contributed by atoms with E-state index in [2.05, 4.69) is 6.58 Å². The predicted molar refractivity (Wildman–Crippen MR) is 251 cm³/mol. The van der Waals surface area contributed by atoms with Gasteiger partial charge in [0.25, 0.3) is 0 Å². The molecule has 344 valence electrons. The predicted octanol–water partition coefficient (Wildman–Crippen LogP) is 9.80. The van der Waals surface area contributed by atoms with Crippen LogP contribution in [-0.2, 0) is 87.0 Å². The number of hydrogen-bond donors (Lipinski definition) is 0. The van der Waals surface area contributed by atoms with Crippen LogP contribution in [0.2, 0.25) is 0 Å². The monoisotopic (exact) mass is 892 g/mol. The normalized spacial score (nSPS) is 24.2. The SMILES string of the molecule is C=CCO[C@H]1OC[C@@H](OCc2ccccc2)[C@H](O[C@@H]2O[C@H](COCc3ccccc3)[C@@H](OCc3ccccc3)[C@H](OCc3ccccc3)[C@H]2OCc2ccccc2)[C@H]1OCc1ccccc1. The van der Waals surface area contributed by atoms with Crippen molar-refractivity contribution >= 4 is 0 Å². The van der Waals surface area contributed by atoms with Gasteiger partial charge in [0.2, 0.25) is 0 Å². The number of rotatable bonds is 24. The van der Waals surface area contributed by atoms with Crippen molar-refractivity contribution in [1.29, 1.82) is 0 Å². The molecule has 0 unspecified atom stereocenters. The highest BCUT2D eigenvalue weighted by atomic mass is 16.8. The largest absolute Gasteiger partial charge is 0.374 e. The van der Waals surface area contributed by atoms with Gasteiger partial charge in [-0.1, -0.05) is 188 Å². The molecule has 0 aliphatic carbocycles. The van der Waals surface area contributed by atoms with Crippen LogP contribution in [0.15, 0.2) is 195 Å². The van der Waals surface area contributed by atoms with Gasteiger partial charge in [-0.15, -0.1) is 6.58 Å². The van der Waals surface area contributed by atoms with Gasteiger partial charge in [0.05, 0.1) is 59.5 Å².